The predicted molar refractivity (Wildman–Crippen MR) is 66.9 cm³/mol. The average Bonchev–Trinajstić information content (AvgIpc) is 2.35. The van der Waals surface area contributed by atoms with Crippen molar-refractivity contribution in [2.45, 2.75) is 30.7 Å². The normalized spacial score (nSPS) is 39.9. The van der Waals surface area contributed by atoms with Crippen molar-refractivity contribution in [3.63, 3.8) is 0 Å². The highest BCUT2D eigenvalue weighted by molar-refractivity contribution is 14.1. The summed E-state index contributed by atoms with van der Waals surface area (Å²) in [6.07, 6.45) is -1.07. The summed E-state index contributed by atoms with van der Waals surface area (Å²) in [4.78, 5) is 0. The van der Waals surface area contributed by atoms with Gasteiger partial charge >= 0.3 is 0 Å². The van der Waals surface area contributed by atoms with Gasteiger partial charge in [0.05, 0.1) is 6.10 Å². The molecule has 1 heterocycles. The van der Waals surface area contributed by atoms with Crippen LogP contribution in [0.1, 0.15) is 0 Å². The first-order chi connectivity index (χ1) is 7.73. The summed E-state index contributed by atoms with van der Waals surface area (Å²) in [7, 11) is 6.51. The van der Waals surface area contributed by atoms with E-state index >= 15 is 0 Å². The highest BCUT2D eigenvalue weighted by Gasteiger charge is 2.46. The fourth-order valence-corrected chi connectivity index (χ4v) is 2.70. The van der Waals surface area contributed by atoms with E-state index in [9.17, 15) is 0 Å². The number of rotatable bonds is 5. The van der Waals surface area contributed by atoms with Crippen molar-refractivity contribution in [3.8, 4) is 0 Å². The van der Waals surface area contributed by atoms with Gasteiger partial charge in [0.2, 0.25) is 0 Å². The smallest absolute Gasteiger partial charge is 0.186 e. The van der Waals surface area contributed by atoms with Crippen LogP contribution in [0, 0.1) is 0 Å². The summed E-state index contributed by atoms with van der Waals surface area (Å²) < 4.78 is 28.1. The summed E-state index contributed by atoms with van der Waals surface area (Å²) in [6.45, 7) is 0. The second-order valence-electron chi connectivity index (χ2n) is 3.53. The summed E-state index contributed by atoms with van der Waals surface area (Å²) in [6, 6.07) is 0. The van der Waals surface area contributed by atoms with Gasteiger partial charge in [-0.05, 0) is 0 Å². The monoisotopic (exact) mass is 346 g/mol. The van der Waals surface area contributed by atoms with Gasteiger partial charge in [0.1, 0.15) is 18.3 Å². The number of hydrogen-bond acceptors (Lipinski definition) is 5. The summed E-state index contributed by atoms with van der Waals surface area (Å²) in [5, 5.41) is 0. The van der Waals surface area contributed by atoms with Gasteiger partial charge in [-0.3, -0.25) is 0 Å². The standard InChI is InChI=1S/C10H19IO5/c1-12-7-6(5-11)16-10(15-4)9(14-3)8(7)13-2/h6-10H,5H2,1-4H3/t6-,7-,8+,9+,10+/m1/s1. The quantitative estimate of drug-likeness (QED) is 0.545. The van der Waals surface area contributed by atoms with Crippen LogP contribution >= 0.6 is 22.6 Å². The third-order valence-corrected chi connectivity index (χ3v) is 3.66. The summed E-state index contributed by atoms with van der Waals surface area (Å²) in [5.74, 6) is 0. The van der Waals surface area contributed by atoms with Crippen LogP contribution in [0.25, 0.3) is 0 Å². The predicted octanol–water partition coefficient (Wildman–Crippen LogP) is 0.838. The molecule has 0 aromatic rings. The Morgan fingerprint density at radius 2 is 1.44 bits per heavy atom. The Bertz CT molecular complexity index is 186. The van der Waals surface area contributed by atoms with E-state index < -0.39 is 6.29 Å². The molecule has 1 aliphatic heterocycles. The lowest BCUT2D eigenvalue weighted by atomic mass is 9.99. The highest BCUT2D eigenvalue weighted by atomic mass is 127. The van der Waals surface area contributed by atoms with Crippen LogP contribution in [0.3, 0.4) is 0 Å². The molecular formula is C10H19IO5. The van der Waals surface area contributed by atoms with Gasteiger partial charge in [0, 0.05) is 32.9 Å². The molecule has 5 atom stereocenters. The van der Waals surface area contributed by atoms with E-state index in [1.807, 2.05) is 0 Å². The Morgan fingerprint density at radius 1 is 0.875 bits per heavy atom. The van der Waals surface area contributed by atoms with E-state index in [0.29, 0.717) is 0 Å². The Kier molecular flexibility index (Phi) is 6.45. The molecule has 6 heteroatoms. The zero-order valence-electron chi connectivity index (χ0n) is 10.0. The van der Waals surface area contributed by atoms with Crippen molar-refractivity contribution in [3.05, 3.63) is 0 Å². The van der Waals surface area contributed by atoms with E-state index in [2.05, 4.69) is 22.6 Å². The largest absolute Gasteiger partial charge is 0.376 e. The molecule has 0 aliphatic carbocycles. The fourth-order valence-electron chi connectivity index (χ4n) is 1.99. The molecule has 0 aromatic carbocycles. The lowest BCUT2D eigenvalue weighted by Crippen LogP contribution is -2.60. The first kappa shape index (κ1) is 14.6. The molecule has 0 unspecified atom stereocenters. The first-order valence-corrected chi connectivity index (χ1v) is 6.58. The zero-order valence-corrected chi connectivity index (χ0v) is 12.2. The van der Waals surface area contributed by atoms with E-state index in [1.165, 1.54) is 0 Å². The number of methoxy groups -OCH3 is 4. The fraction of sp³-hybridized carbons (Fsp3) is 1.00. The van der Waals surface area contributed by atoms with E-state index in [-0.39, 0.29) is 24.4 Å². The Morgan fingerprint density at radius 3 is 1.81 bits per heavy atom. The first-order valence-electron chi connectivity index (χ1n) is 5.06. The third kappa shape index (κ3) is 2.85. The maximum absolute atomic E-state index is 5.76. The second kappa shape index (κ2) is 7.07. The number of halogens is 1. The minimum Gasteiger partial charge on any atom is -0.376 e. The molecule has 0 amide bonds. The van der Waals surface area contributed by atoms with Gasteiger partial charge in [0.15, 0.2) is 6.29 Å². The molecule has 0 bridgehead atoms. The van der Waals surface area contributed by atoms with Crippen molar-refractivity contribution in [1.29, 1.82) is 0 Å². The molecule has 1 fully saturated rings. The van der Waals surface area contributed by atoms with E-state index in [4.69, 9.17) is 23.7 Å². The molecule has 0 saturated carbocycles. The topological polar surface area (TPSA) is 46.2 Å². The molecule has 5 nitrogen and oxygen atoms in total. The minimum atomic E-state index is -0.416. The van der Waals surface area contributed by atoms with Crippen molar-refractivity contribution in [1.82, 2.24) is 0 Å². The molecule has 1 aliphatic rings. The van der Waals surface area contributed by atoms with Crippen LogP contribution < -0.4 is 0 Å². The van der Waals surface area contributed by atoms with Crippen LogP contribution in [0.4, 0.5) is 0 Å². The molecule has 0 radical (unpaired) electrons. The molecule has 1 rings (SSSR count). The van der Waals surface area contributed by atoms with Gasteiger partial charge < -0.3 is 23.7 Å². The van der Waals surface area contributed by atoms with Crippen LogP contribution in [-0.2, 0) is 23.7 Å². The van der Waals surface area contributed by atoms with Crippen LogP contribution in [0.2, 0.25) is 0 Å². The lowest BCUT2D eigenvalue weighted by Gasteiger charge is -2.43. The van der Waals surface area contributed by atoms with Crippen LogP contribution in [0.15, 0.2) is 0 Å². The lowest BCUT2D eigenvalue weighted by molar-refractivity contribution is -0.297. The second-order valence-corrected chi connectivity index (χ2v) is 4.41. The molecule has 16 heavy (non-hydrogen) atoms. The minimum absolute atomic E-state index is 0.0492. The molecule has 1 saturated heterocycles. The van der Waals surface area contributed by atoms with Gasteiger partial charge in [-0.2, -0.15) is 0 Å². The average molecular weight is 346 g/mol. The van der Waals surface area contributed by atoms with Crippen molar-refractivity contribution in [2.75, 3.05) is 32.9 Å². The van der Waals surface area contributed by atoms with E-state index in [0.717, 1.165) is 4.43 Å². The van der Waals surface area contributed by atoms with Crippen molar-refractivity contribution >= 4 is 22.6 Å². The highest BCUT2D eigenvalue weighted by Crippen LogP contribution is 2.28. The number of ether oxygens (including phenoxy) is 5. The molecule has 0 spiro atoms. The number of hydrogen-bond donors (Lipinski definition) is 0. The molecule has 0 aromatic heterocycles. The van der Waals surface area contributed by atoms with Crippen LogP contribution in [-0.4, -0.2) is 63.6 Å². The van der Waals surface area contributed by atoms with E-state index in [1.54, 1.807) is 28.4 Å². The van der Waals surface area contributed by atoms with Crippen LogP contribution in [0.5, 0.6) is 0 Å². The number of alkyl halides is 1. The summed E-state index contributed by atoms with van der Waals surface area (Å²) >= 11 is 2.26. The molecule has 96 valence electrons. The zero-order chi connectivity index (χ0) is 12.1. The summed E-state index contributed by atoms with van der Waals surface area (Å²) in [5.41, 5.74) is 0. The van der Waals surface area contributed by atoms with Gasteiger partial charge in [-0.15, -0.1) is 0 Å². The maximum Gasteiger partial charge on any atom is 0.186 e. The van der Waals surface area contributed by atoms with Crippen molar-refractivity contribution in [2.24, 2.45) is 0 Å². The Balaban J connectivity index is 2.85. The third-order valence-electron chi connectivity index (χ3n) is 2.79. The Labute approximate surface area is 110 Å². The molecule has 0 N–H and O–H groups in total. The Hall–Kier alpha value is 0.530. The van der Waals surface area contributed by atoms with Gasteiger partial charge in [-0.1, -0.05) is 22.6 Å². The van der Waals surface area contributed by atoms with Crippen molar-refractivity contribution < 1.29 is 23.7 Å². The van der Waals surface area contributed by atoms with Gasteiger partial charge in [-0.25, -0.2) is 0 Å². The molecular weight excluding hydrogens is 327 g/mol. The maximum atomic E-state index is 5.76. The van der Waals surface area contributed by atoms with Gasteiger partial charge in [0.25, 0.3) is 0 Å². The SMILES string of the molecule is CO[C@H]1O[C@H](CI)[C@@H](OC)[C@H](OC)[C@@H]1OC.